The normalized spacial score (nSPS) is 10.8. The number of carboxylic acids is 1. The van der Waals surface area contributed by atoms with Crippen molar-refractivity contribution in [2.75, 3.05) is 5.32 Å². The summed E-state index contributed by atoms with van der Waals surface area (Å²) in [7, 11) is 0. The average Bonchev–Trinajstić information content (AvgIpc) is 2.17. The molecule has 0 aliphatic rings. The van der Waals surface area contributed by atoms with Gasteiger partial charge in [-0.1, -0.05) is 6.07 Å². The van der Waals surface area contributed by atoms with E-state index in [0.717, 1.165) is 0 Å². The van der Waals surface area contributed by atoms with Crippen molar-refractivity contribution in [2.45, 2.75) is 32.8 Å². The molecule has 0 aromatic carbocycles. The molecule has 18 heavy (non-hydrogen) atoms. The van der Waals surface area contributed by atoms with Gasteiger partial charge in [-0.15, -0.1) is 0 Å². The van der Waals surface area contributed by atoms with Gasteiger partial charge in [-0.3, -0.25) is 10.1 Å². The lowest BCUT2D eigenvalue weighted by molar-refractivity contribution is -0.136. The molecule has 6 nitrogen and oxygen atoms in total. The molecule has 1 aromatic heterocycles. The number of hydrogen-bond donors (Lipinski definition) is 2. The highest BCUT2D eigenvalue weighted by atomic mass is 16.6. The number of aromatic nitrogens is 1. The maximum Gasteiger partial charge on any atom is 0.413 e. The Kier molecular flexibility index (Phi) is 4.25. The van der Waals surface area contributed by atoms with E-state index in [2.05, 4.69) is 10.3 Å². The number of nitrogens with one attached hydrogen (secondary N) is 1. The average molecular weight is 252 g/mol. The first-order valence-electron chi connectivity index (χ1n) is 5.43. The molecule has 0 unspecified atom stereocenters. The summed E-state index contributed by atoms with van der Waals surface area (Å²) in [4.78, 5) is 26.1. The molecule has 1 amide bonds. The third kappa shape index (κ3) is 4.82. The van der Waals surface area contributed by atoms with Crippen LogP contribution in [0.4, 0.5) is 10.6 Å². The maximum atomic E-state index is 11.5. The smallest absolute Gasteiger partial charge is 0.413 e. The molecule has 1 heterocycles. The zero-order valence-corrected chi connectivity index (χ0v) is 10.6. The fourth-order valence-electron chi connectivity index (χ4n) is 1.26. The van der Waals surface area contributed by atoms with Crippen LogP contribution >= 0.6 is 0 Å². The highest BCUT2D eigenvalue weighted by Gasteiger charge is 2.18. The maximum absolute atomic E-state index is 11.5. The number of nitrogens with zero attached hydrogens (tertiary/aromatic N) is 1. The molecular weight excluding hydrogens is 236 g/mol. The quantitative estimate of drug-likeness (QED) is 0.859. The van der Waals surface area contributed by atoms with Gasteiger partial charge in [0.15, 0.2) is 0 Å². The predicted molar refractivity (Wildman–Crippen MR) is 65.4 cm³/mol. The first-order chi connectivity index (χ1) is 8.28. The fraction of sp³-hybridized carbons (Fsp3) is 0.417. The molecule has 0 saturated carbocycles. The Bertz CT molecular complexity index is 452. The summed E-state index contributed by atoms with van der Waals surface area (Å²) in [5, 5.41) is 11.2. The van der Waals surface area contributed by atoms with Crippen LogP contribution in [-0.4, -0.2) is 27.8 Å². The van der Waals surface area contributed by atoms with E-state index in [4.69, 9.17) is 9.84 Å². The van der Waals surface area contributed by atoms with Gasteiger partial charge in [0.25, 0.3) is 0 Å². The number of amides is 1. The fourth-order valence-corrected chi connectivity index (χ4v) is 1.26. The molecule has 6 heteroatoms. The second kappa shape index (κ2) is 5.48. The van der Waals surface area contributed by atoms with Crippen LogP contribution < -0.4 is 5.32 Å². The van der Waals surface area contributed by atoms with Gasteiger partial charge in [-0.2, -0.15) is 0 Å². The van der Waals surface area contributed by atoms with E-state index < -0.39 is 17.7 Å². The zero-order valence-electron chi connectivity index (χ0n) is 10.6. The van der Waals surface area contributed by atoms with Crippen LogP contribution in [0, 0.1) is 0 Å². The lowest BCUT2D eigenvalue weighted by atomic mass is 10.2. The number of carboxylic acid groups (broad SMARTS) is 1. The van der Waals surface area contributed by atoms with Crippen LogP contribution in [0.2, 0.25) is 0 Å². The second-order valence-electron chi connectivity index (χ2n) is 4.71. The number of carbonyl (C=O) groups is 2. The number of ether oxygens (including phenoxy) is 1. The molecule has 98 valence electrons. The number of aliphatic carboxylic acids is 1. The van der Waals surface area contributed by atoms with Gasteiger partial charge in [-0.25, -0.2) is 9.78 Å². The number of anilines is 1. The van der Waals surface area contributed by atoms with E-state index in [1.165, 1.54) is 6.20 Å². The lowest BCUT2D eigenvalue weighted by Gasteiger charge is -2.19. The molecule has 2 N–H and O–H groups in total. The third-order valence-corrected chi connectivity index (χ3v) is 1.85. The standard InChI is InChI=1S/C12H16N2O4/c1-12(2,3)18-11(17)14-10-8(7-9(15)16)5-4-6-13-10/h4-6H,7H2,1-3H3,(H,15,16)(H,13,14,17). The van der Waals surface area contributed by atoms with Crippen LogP contribution in [0.25, 0.3) is 0 Å². The zero-order chi connectivity index (χ0) is 13.8. The Hall–Kier alpha value is -2.11. The molecule has 0 spiro atoms. The third-order valence-electron chi connectivity index (χ3n) is 1.85. The van der Waals surface area contributed by atoms with Crippen LogP contribution in [0.1, 0.15) is 26.3 Å². The van der Waals surface area contributed by atoms with Crippen molar-refractivity contribution in [2.24, 2.45) is 0 Å². The van der Waals surface area contributed by atoms with Crippen molar-refractivity contribution in [3.05, 3.63) is 23.9 Å². The minimum absolute atomic E-state index is 0.203. The Morgan fingerprint density at radius 1 is 1.44 bits per heavy atom. The van der Waals surface area contributed by atoms with E-state index in [0.29, 0.717) is 5.56 Å². The monoisotopic (exact) mass is 252 g/mol. The minimum atomic E-state index is -0.991. The molecule has 0 radical (unpaired) electrons. The molecule has 0 aliphatic heterocycles. The summed E-state index contributed by atoms with van der Waals surface area (Å²) >= 11 is 0. The van der Waals surface area contributed by atoms with Crippen molar-refractivity contribution in [3.63, 3.8) is 0 Å². The summed E-state index contributed by atoms with van der Waals surface area (Å²) in [6.45, 7) is 5.22. The number of pyridine rings is 1. The highest BCUT2D eigenvalue weighted by molar-refractivity contribution is 5.85. The molecule has 1 aromatic rings. The van der Waals surface area contributed by atoms with Crippen LogP contribution in [0.3, 0.4) is 0 Å². The molecule has 0 atom stereocenters. The molecule has 0 fully saturated rings. The lowest BCUT2D eigenvalue weighted by Crippen LogP contribution is -2.28. The van der Waals surface area contributed by atoms with Crippen molar-refractivity contribution in [1.29, 1.82) is 0 Å². The minimum Gasteiger partial charge on any atom is -0.481 e. The van der Waals surface area contributed by atoms with Crippen molar-refractivity contribution < 1.29 is 19.4 Å². The highest BCUT2D eigenvalue weighted by Crippen LogP contribution is 2.14. The second-order valence-corrected chi connectivity index (χ2v) is 4.71. The molecule has 0 aliphatic carbocycles. The number of hydrogen-bond acceptors (Lipinski definition) is 4. The van der Waals surface area contributed by atoms with Crippen molar-refractivity contribution in [3.8, 4) is 0 Å². The predicted octanol–water partition coefficient (Wildman–Crippen LogP) is 2.06. The van der Waals surface area contributed by atoms with Crippen LogP contribution in [-0.2, 0) is 16.0 Å². The van der Waals surface area contributed by atoms with Crippen LogP contribution in [0.15, 0.2) is 18.3 Å². The molecular formula is C12H16N2O4. The van der Waals surface area contributed by atoms with Gasteiger partial charge in [0.05, 0.1) is 6.42 Å². The van der Waals surface area contributed by atoms with Gasteiger partial charge >= 0.3 is 12.1 Å². The van der Waals surface area contributed by atoms with Gasteiger partial charge in [0.1, 0.15) is 11.4 Å². The number of rotatable bonds is 3. The van der Waals surface area contributed by atoms with E-state index in [1.807, 2.05) is 0 Å². The van der Waals surface area contributed by atoms with Crippen LogP contribution in [0.5, 0.6) is 0 Å². The van der Waals surface area contributed by atoms with Gasteiger partial charge < -0.3 is 9.84 Å². The van der Waals surface area contributed by atoms with E-state index in [-0.39, 0.29) is 12.2 Å². The van der Waals surface area contributed by atoms with Gasteiger partial charge in [0, 0.05) is 11.8 Å². The largest absolute Gasteiger partial charge is 0.481 e. The SMILES string of the molecule is CC(C)(C)OC(=O)Nc1ncccc1CC(=O)O. The van der Waals surface area contributed by atoms with Gasteiger partial charge in [-0.05, 0) is 26.8 Å². The van der Waals surface area contributed by atoms with E-state index in [9.17, 15) is 9.59 Å². The summed E-state index contributed by atoms with van der Waals surface area (Å²) < 4.78 is 5.06. The van der Waals surface area contributed by atoms with Crippen molar-refractivity contribution >= 4 is 17.9 Å². The Labute approximate surface area is 105 Å². The summed E-state index contributed by atoms with van der Waals surface area (Å²) in [6.07, 6.45) is 0.602. The van der Waals surface area contributed by atoms with Gasteiger partial charge in [0.2, 0.25) is 0 Å². The summed E-state index contributed by atoms with van der Waals surface area (Å²) in [5.41, 5.74) is -0.192. The molecule has 0 bridgehead atoms. The topological polar surface area (TPSA) is 88.5 Å². The molecule has 0 saturated heterocycles. The Morgan fingerprint density at radius 2 is 2.11 bits per heavy atom. The summed E-state index contributed by atoms with van der Waals surface area (Å²) in [5.74, 6) is -0.788. The Morgan fingerprint density at radius 3 is 2.67 bits per heavy atom. The Balaban J connectivity index is 2.78. The molecule has 1 rings (SSSR count). The first kappa shape index (κ1) is 14.0. The first-order valence-corrected chi connectivity index (χ1v) is 5.43. The van der Waals surface area contributed by atoms with Crippen molar-refractivity contribution in [1.82, 2.24) is 4.98 Å². The van der Waals surface area contributed by atoms with E-state index >= 15 is 0 Å². The number of carbonyl (C=O) groups excluding carboxylic acids is 1. The van der Waals surface area contributed by atoms with E-state index in [1.54, 1.807) is 32.9 Å². The summed E-state index contributed by atoms with van der Waals surface area (Å²) in [6, 6.07) is 3.20.